The van der Waals surface area contributed by atoms with E-state index in [1.54, 1.807) is 6.92 Å². The molecule has 6 heteroatoms. The fourth-order valence-electron chi connectivity index (χ4n) is 3.36. The molecule has 0 bridgehead atoms. The Bertz CT molecular complexity index is 666. The molecule has 1 amide bonds. The fraction of sp³-hybridized carbons (Fsp3) is 0.556. The quantitative estimate of drug-likeness (QED) is 0.871. The third-order valence-corrected chi connectivity index (χ3v) is 5.47. The van der Waals surface area contributed by atoms with Gasteiger partial charge >= 0.3 is 0 Å². The third-order valence-electron chi connectivity index (χ3n) is 4.61. The molecular weight excluding hydrogens is 322 g/mol. The van der Waals surface area contributed by atoms with Crippen LogP contribution in [0.15, 0.2) is 22.0 Å². The summed E-state index contributed by atoms with van der Waals surface area (Å²) in [5.74, 6) is 1.06. The first-order valence-electron chi connectivity index (χ1n) is 8.65. The smallest absolute Gasteiger partial charge is 0.256 e. The molecule has 1 aliphatic rings. The first-order chi connectivity index (χ1) is 11.7. The van der Waals surface area contributed by atoms with E-state index in [-0.39, 0.29) is 5.91 Å². The number of piperidine rings is 1. The molecule has 0 unspecified atom stereocenters. The predicted octanol–water partition coefficient (Wildman–Crippen LogP) is 3.25. The SMILES string of the molecule is CCc1noc(C)c1C(=O)NC[C@@H]1CCCN(Cc2cccs2)C1. The molecule has 1 aliphatic heterocycles. The number of carbonyl (C=O) groups is 1. The predicted molar refractivity (Wildman–Crippen MR) is 95.3 cm³/mol. The molecule has 0 aliphatic carbocycles. The highest BCUT2D eigenvalue weighted by atomic mass is 32.1. The number of rotatable bonds is 6. The standard InChI is InChI=1S/C18H25N3O2S/c1-3-16-17(13(2)23-20-16)18(22)19-10-14-6-4-8-21(11-14)12-15-7-5-9-24-15/h5,7,9,14H,3-4,6,8,10-12H2,1-2H3,(H,19,22)/t14-/m0/s1. The number of likely N-dealkylation sites (tertiary alicyclic amines) is 1. The summed E-state index contributed by atoms with van der Waals surface area (Å²) in [5.41, 5.74) is 1.36. The minimum atomic E-state index is -0.0546. The molecule has 1 saturated heterocycles. The van der Waals surface area contributed by atoms with Gasteiger partial charge in [-0.15, -0.1) is 11.3 Å². The van der Waals surface area contributed by atoms with Crippen molar-refractivity contribution in [3.05, 3.63) is 39.4 Å². The second-order valence-corrected chi connectivity index (χ2v) is 7.48. The molecule has 3 heterocycles. The molecule has 3 rings (SSSR count). The summed E-state index contributed by atoms with van der Waals surface area (Å²) in [6.45, 7) is 7.71. The number of nitrogens with one attached hydrogen (secondary N) is 1. The second-order valence-electron chi connectivity index (χ2n) is 6.45. The van der Waals surface area contributed by atoms with Crippen LogP contribution in [0.1, 0.15) is 46.5 Å². The zero-order valence-corrected chi connectivity index (χ0v) is 15.2. The zero-order chi connectivity index (χ0) is 16.9. The van der Waals surface area contributed by atoms with Crippen molar-refractivity contribution in [1.82, 2.24) is 15.4 Å². The molecular formula is C18H25N3O2S. The Balaban J connectivity index is 1.52. The highest BCUT2D eigenvalue weighted by molar-refractivity contribution is 7.09. The van der Waals surface area contributed by atoms with Gasteiger partial charge in [-0.3, -0.25) is 9.69 Å². The number of aromatic nitrogens is 1. The van der Waals surface area contributed by atoms with Gasteiger partial charge in [-0.2, -0.15) is 0 Å². The van der Waals surface area contributed by atoms with E-state index in [1.807, 2.05) is 18.3 Å². The summed E-state index contributed by atoms with van der Waals surface area (Å²) in [7, 11) is 0. The lowest BCUT2D eigenvalue weighted by Gasteiger charge is -2.32. The normalized spacial score (nSPS) is 18.7. The van der Waals surface area contributed by atoms with Crippen LogP contribution in [0, 0.1) is 12.8 Å². The number of carbonyl (C=O) groups excluding carboxylic acids is 1. The fourth-order valence-corrected chi connectivity index (χ4v) is 4.11. The summed E-state index contributed by atoms with van der Waals surface area (Å²) in [5, 5.41) is 9.18. The average molecular weight is 347 g/mol. The van der Waals surface area contributed by atoms with Gasteiger partial charge in [-0.1, -0.05) is 18.1 Å². The number of hydrogen-bond donors (Lipinski definition) is 1. The van der Waals surface area contributed by atoms with Crippen LogP contribution in [-0.2, 0) is 13.0 Å². The zero-order valence-electron chi connectivity index (χ0n) is 14.4. The minimum absolute atomic E-state index is 0.0546. The lowest BCUT2D eigenvalue weighted by atomic mass is 9.97. The van der Waals surface area contributed by atoms with Crippen molar-refractivity contribution < 1.29 is 9.32 Å². The van der Waals surface area contributed by atoms with Crippen molar-refractivity contribution >= 4 is 17.2 Å². The van der Waals surface area contributed by atoms with Gasteiger partial charge in [-0.25, -0.2) is 0 Å². The Morgan fingerprint density at radius 1 is 1.54 bits per heavy atom. The summed E-state index contributed by atoms with van der Waals surface area (Å²) >= 11 is 1.81. The van der Waals surface area contributed by atoms with Crippen LogP contribution in [0.4, 0.5) is 0 Å². The maximum Gasteiger partial charge on any atom is 0.256 e. The van der Waals surface area contributed by atoms with Crippen molar-refractivity contribution in [2.24, 2.45) is 5.92 Å². The molecule has 1 atom stereocenters. The first-order valence-corrected chi connectivity index (χ1v) is 9.53. The van der Waals surface area contributed by atoms with Gasteiger partial charge in [0.05, 0.1) is 5.69 Å². The van der Waals surface area contributed by atoms with Crippen LogP contribution in [0.2, 0.25) is 0 Å². The molecule has 0 aromatic carbocycles. The summed E-state index contributed by atoms with van der Waals surface area (Å²) < 4.78 is 5.16. The minimum Gasteiger partial charge on any atom is -0.361 e. The number of hydrogen-bond acceptors (Lipinski definition) is 5. The van der Waals surface area contributed by atoms with Crippen LogP contribution in [0.25, 0.3) is 0 Å². The van der Waals surface area contributed by atoms with Crippen molar-refractivity contribution in [2.75, 3.05) is 19.6 Å². The Morgan fingerprint density at radius 3 is 3.17 bits per heavy atom. The molecule has 2 aromatic heterocycles. The monoisotopic (exact) mass is 347 g/mol. The lowest BCUT2D eigenvalue weighted by molar-refractivity contribution is 0.0928. The number of nitrogens with zero attached hydrogens (tertiary/aromatic N) is 2. The van der Waals surface area contributed by atoms with Gasteiger partial charge in [0, 0.05) is 24.5 Å². The number of aryl methyl sites for hydroxylation is 2. The van der Waals surface area contributed by atoms with Gasteiger partial charge in [0.25, 0.3) is 5.91 Å². The third kappa shape index (κ3) is 4.05. The Kier molecular flexibility index (Phi) is 5.68. The van der Waals surface area contributed by atoms with Crippen molar-refractivity contribution in [1.29, 1.82) is 0 Å². The lowest BCUT2D eigenvalue weighted by Crippen LogP contribution is -2.40. The first kappa shape index (κ1) is 17.2. The number of amides is 1. The van der Waals surface area contributed by atoms with E-state index in [4.69, 9.17) is 4.52 Å². The van der Waals surface area contributed by atoms with Crippen LogP contribution in [-0.4, -0.2) is 35.6 Å². The van der Waals surface area contributed by atoms with Crippen LogP contribution >= 0.6 is 11.3 Å². The molecule has 0 saturated carbocycles. The van der Waals surface area contributed by atoms with Crippen LogP contribution < -0.4 is 5.32 Å². The molecule has 0 spiro atoms. The van der Waals surface area contributed by atoms with Crippen molar-refractivity contribution in [3.63, 3.8) is 0 Å². The molecule has 1 N–H and O–H groups in total. The van der Waals surface area contributed by atoms with Crippen LogP contribution in [0.5, 0.6) is 0 Å². The molecule has 1 fully saturated rings. The van der Waals surface area contributed by atoms with Gasteiger partial charge < -0.3 is 9.84 Å². The van der Waals surface area contributed by atoms with E-state index in [2.05, 4.69) is 32.9 Å². The van der Waals surface area contributed by atoms with E-state index in [0.717, 1.165) is 25.3 Å². The molecule has 130 valence electrons. The Labute approximate surface area is 147 Å². The molecule has 5 nitrogen and oxygen atoms in total. The summed E-state index contributed by atoms with van der Waals surface area (Å²) in [6, 6.07) is 4.30. The molecule has 24 heavy (non-hydrogen) atoms. The topological polar surface area (TPSA) is 58.4 Å². The highest BCUT2D eigenvalue weighted by Crippen LogP contribution is 2.20. The Morgan fingerprint density at radius 2 is 2.42 bits per heavy atom. The summed E-state index contributed by atoms with van der Waals surface area (Å²) in [4.78, 5) is 16.4. The van der Waals surface area contributed by atoms with Gasteiger partial charge in [0.15, 0.2) is 0 Å². The summed E-state index contributed by atoms with van der Waals surface area (Å²) in [6.07, 6.45) is 3.07. The van der Waals surface area contributed by atoms with E-state index in [9.17, 15) is 4.79 Å². The van der Waals surface area contributed by atoms with Gasteiger partial charge in [0.2, 0.25) is 0 Å². The van der Waals surface area contributed by atoms with E-state index in [1.165, 1.54) is 17.7 Å². The van der Waals surface area contributed by atoms with Crippen LogP contribution in [0.3, 0.4) is 0 Å². The van der Waals surface area contributed by atoms with E-state index in [0.29, 0.717) is 30.2 Å². The largest absolute Gasteiger partial charge is 0.361 e. The van der Waals surface area contributed by atoms with E-state index < -0.39 is 0 Å². The second kappa shape index (κ2) is 7.94. The van der Waals surface area contributed by atoms with Gasteiger partial charge in [-0.05, 0) is 50.1 Å². The maximum absolute atomic E-state index is 12.5. The Hall–Kier alpha value is -1.66. The average Bonchev–Trinajstić information content (AvgIpc) is 3.22. The van der Waals surface area contributed by atoms with E-state index >= 15 is 0 Å². The van der Waals surface area contributed by atoms with Crippen molar-refractivity contribution in [3.8, 4) is 0 Å². The molecule has 0 radical (unpaired) electrons. The number of thiophene rings is 1. The molecule has 2 aromatic rings. The highest BCUT2D eigenvalue weighted by Gasteiger charge is 2.23. The van der Waals surface area contributed by atoms with Gasteiger partial charge in [0.1, 0.15) is 11.3 Å². The van der Waals surface area contributed by atoms with Crippen molar-refractivity contribution in [2.45, 2.75) is 39.7 Å². The maximum atomic E-state index is 12.5.